The minimum atomic E-state index is -1.22. The van der Waals surface area contributed by atoms with Gasteiger partial charge in [0.15, 0.2) is 11.5 Å². The quantitative estimate of drug-likeness (QED) is 0.802. The van der Waals surface area contributed by atoms with Gasteiger partial charge in [-0.3, -0.25) is 0 Å². The van der Waals surface area contributed by atoms with Gasteiger partial charge in [-0.25, -0.2) is 14.5 Å². The van der Waals surface area contributed by atoms with Crippen LogP contribution in [0.5, 0.6) is 0 Å². The molecule has 0 aliphatic rings. The van der Waals surface area contributed by atoms with Crippen LogP contribution in [-0.2, 0) is 0 Å². The molecule has 0 atom stereocenters. The van der Waals surface area contributed by atoms with Crippen molar-refractivity contribution in [2.75, 3.05) is 5.73 Å². The number of aryl methyl sites for hydroxylation is 1. The maximum absolute atomic E-state index is 10.8. The molecule has 0 aromatic carbocycles. The number of carboxylic acid groups (broad SMARTS) is 1. The number of rotatable bonds is 2. The van der Waals surface area contributed by atoms with E-state index in [1.54, 1.807) is 19.1 Å². The highest BCUT2D eigenvalue weighted by atomic mass is 16.4. The average molecular weight is 243 g/mol. The minimum absolute atomic E-state index is 0.0229. The summed E-state index contributed by atoms with van der Waals surface area (Å²) in [7, 11) is 0. The second-order valence-corrected chi connectivity index (χ2v) is 3.62. The van der Waals surface area contributed by atoms with E-state index in [4.69, 9.17) is 16.1 Å². The lowest BCUT2D eigenvalue weighted by Crippen LogP contribution is -2.05. The molecule has 2 aromatic rings. The van der Waals surface area contributed by atoms with Gasteiger partial charge in [-0.1, -0.05) is 0 Å². The number of anilines is 1. The molecule has 7 nitrogen and oxygen atoms in total. The number of carboxylic acids is 1. The van der Waals surface area contributed by atoms with Crippen LogP contribution >= 0.6 is 0 Å². The largest absolute Gasteiger partial charge is 0.476 e. The van der Waals surface area contributed by atoms with E-state index in [-0.39, 0.29) is 17.2 Å². The van der Waals surface area contributed by atoms with Crippen LogP contribution in [0.3, 0.4) is 0 Å². The lowest BCUT2D eigenvalue weighted by atomic mass is 10.2. The van der Waals surface area contributed by atoms with Crippen molar-refractivity contribution < 1.29 is 9.90 Å². The molecule has 0 bridgehead atoms. The summed E-state index contributed by atoms with van der Waals surface area (Å²) in [6, 6.07) is 5.25. The van der Waals surface area contributed by atoms with E-state index in [0.29, 0.717) is 11.3 Å². The Kier molecular flexibility index (Phi) is 2.69. The summed E-state index contributed by atoms with van der Waals surface area (Å²) in [5, 5.41) is 21.7. The Balaban J connectivity index is 2.62. The number of aromatic nitrogens is 3. The Morgan fingerprint density at radius 2 is 2.28 bits per heavy atom. The molecule has 0 radical (unpaired) electrons. The first-order valence-electron chi connectivity index (χ1n) is 4.99. The van der Waals surface area contributed by atoms with Crippen LogP contribution in [0.4, 0.5) is 5.69 Å². The molecule has 0 aliphatic carbocycles. The van der Waals surface area contributed by atoms with Gasteiger partial charge < -0.3 is 10.8 Å². The third-order valence-electron chi connectivity index (χ3n) is 2.30. The fourth-order valence-electron chi connectivity index (χ4n) is 1.47. The van der Waals surface area contributed by atoms with E-state index < -0.39 is 5.97 Å². The third-order valence-corrected chi connectivity index (χ3v) is 2.30. The molecular formula is C11H9N5O2. The second-order valence-electron chi connectivity index (χ2n) is 3.62. The van der Waals surface area contributed by atoms with Crippen LogP contribution in [0.25, 0.3) is 5.82 Å². The number of carbonyl (C=O) groups is 1. The molecule has 0 aliphatic heterocycles. The molecule has 0 fully saturated rings. The van der Waals surface area contributed by atoms with E-state index in [0.717, 1.165) is 0 Å². The van der Waals surface area contributed by atoms with Crippen LogP contribution in [-0.4, -0.2) is 25.8 Å². The number of hydrogen-bond donors (Lipinski definition) is 2. The normalized spacial score (nSPS) is 10.0. The number of nitrogens with zero attached hydrogens (tertiary/aromatic N) is 4. The van der Waals surface area contributed by atoms with Gasteiger partial charge >= 0.3 is 5.97 Å². The number of nitrogen functional groups attached to an aromatic ring is 1. The maximum atomic E-state index is 10.8. The molecule has 0 amide bonds. The van der Waals surface area contributed by atoms with Gasteiger partial charge in [0.2, 0.25) is 0 Å². The summed E-state index contributed by atoms with van der Waals surface area (Å²) in [5.41, 5.74) is 6.28. The molecule has 0 saturated heterocycles. The van der Waals surface area contributed by atoms with Crippen molar-refractivity contribution in [3.63, 3.8) is 0 Å². The topological polar surface area (TPSA) is 118 Å². The molecule has 2 rings (SSSR count). The van der Waals surface area contributed by atoms with Crippen molar-refractivity contribution in [1.82, 2.24) is 14.8 Å². The van der Waals surface area contributed by atoms with Crippen molar-refractivity contribution in [2.45, 2.75) is 6.92 Å². The Bertz CT molecular complexity index is 669. The molecule has 18 heavy (non-hydrogen) atoms. The van der Waals surface area contributed by atoms with Gasteiger partial charge in [0.05, 0.1) is 17.4 Å². The Hall–Kier alpha value is -2.88. The molecule has 0 saturated carbocycles. The first-order valence-corrected chi connectivity index (χ1v) is 4.99. The number of pyridine rings is 1. The molecule has 2 aromatic heterocycles. The van der Waals surface area contributed by atoms with Crippen LogP contribution in [0.2, 0.25) is 0 Å². The minimum Gasteiger partial charge on any atom is -0.476 e. The van der Waals surface area contributed by atoms with Gasteiger partial charge in [0.1, 0.15) is 6.07 Å². The predicted molar refractivity (Wildman–Crippen MR) is 62.2 cm³/mol. The lowest BCUT2D eigenvalue weighted by Gasteiger charge is -2.03. The summed E-state index contributed by atoms with van der Waals surface area (Å²) in [5.74, 6) is -0.964. The Labute approximate surface area is 102 Å². The molecule has 2 heterocycles. The second kappa shape index (κ2) is 4.18. The number of nitrogens with two attached hydrogens (primary N) is 1. The standard InChI is InChI=1S/C11H9N5O2/c1-6-2-3-7(4-12)10(14-6)16-5-8(13)9(15-16)11(17)18/h2-3,5H,13H2,1H3,(H,17,18). The first kappa shape index (κ1) is 11.6. The number of aromatic carboxylic acids is 1. The molecule has 0 unspecified atom stereocenters. The summed E-state index contributed by atoms with van der Waals surface area (Å²) < 4.78 is 1.20. The Morgan fingerprint density at radius 1 is 1.56 bits per heavy atom. The zero-order valence-electron chi connectivity index (χ0n) is 9.45. The van der Waals surface area contributed by atoms with Crippen molar-refractivity contribution in [3.05, 3.63) is 35.3 Å². The van der Waals surface area contributed by atoms with Gasteiger partial charge in [0.25, 0.3) is 0 Å². The SMILES string of the molecule is Cc1ccc(C#N)c(-n2cc(N)c(C(=O)O)n2)n1. The highest BCUT2D eigenvalue weighted by Crippen LogP contribution is 2.16. The summed E-state index contributed by atoms with van der Waals surface area (Å²) in [6.07, 6.45) is 1.33. The molecular weight excluding hydrogens is 234 g/mol. The summed E-state index contributed by atoms with van der Waals surface area (Å²) in [4.78, 5) is 15.0. The smallest absolute Gasteiger partial charge is 0.358 e. The van der Waals surface area contributed by atoms with Crippen LogP contribution in [0, 0.1) is 18.3 Å². The van der Waals surface area contributed by atoms with E-state index >= 15 is 0 Å². The summed E-state index contributed by atoms with van der Waals surface area (Å²) in [6.45, 7) is 1.76. The van der Waals surface area contributed by atoms with Crippen molar-refractivity contribution in [3.8, 4) is 11.9 Å². The highest BCUT2D eigenvalue weighted by Gasteiger charge is 2.16. The monoisotopic (exact) mass is 243 g/mol. The Morgan fingerprint density at radius 3 is 2.83 bits per heavy atom. The van der Waals surface area contributed by atoms with E-state index in [1.807, 2.05) is 6.07 Å². The van der Waals surface area contributed by atoms with Gasteiger partial charge in [-0.15, -0.1) is 0 Å². The highest BCUT2D eigenvalue weighted by molar-refractivity contribution is 5.91. The van der Waals surface area contributed by atoms with Gasteiger partial charge in [0, 0.05) is 5.69 Å². The third kappa shape index (κ3) is 1.87. The summed E-state index contributed by atoms with van der Waals surface area (Å²) >= 11 is 0. The molecule has 90 valence electrons. The van der Waals surface area contributed by atoms with Crippen LogP contribution in [0.15, 0.2) is 18.3 Å². The lowest BCUT2D eigenvalue weighted by molar-refractivity contribution is 0.0691. The fourth-order valence-corrected chi connectivity index (χ4v) is 1.47. The van der Waals surface area contributed by atoms with Crippen molar-refractivity contribution in [1.29, 1.82) is 5.26 Å². The first-order chi connectivity index (χ1) is 8.52. The van der Waals surface area contributed by atoms with Crippen molar-refractivity contribution >= 4 is 11.7 Å². The predicted octanol–water partition coefficient (Wildman–Crippen LogP) is 0.728. The van der Waals surface area contributed by atoms with Gasteiger partial charge in [-0.2, -0.15) is 10.4 Å². The number of hydrogen-bond acceptors (Lipinski definition) is 5. The number of nitriles is 1. The van der Waals surface area contributed by atoms with Crippen LogP contribution < -0.4 is 5.73 Å². The van der Waals surface area contributed by atoms with E-state index in [1.165, 1.54) is 10.9 Å². The van der Waals surface area contributed by atoms with Crippen molar-refractivity contribution in [2.24, 2.45) is 0 Å². The zero-order chi connectivity index (χ0) is 13.3. The van der Waals surface area contributed by atoms with E-state index in [9.17, 15) is 4.79 Å². The zero-order valence-corrected chi connectivity index (χ0v) is 9.45. The average Bonchev–Trinajstić information content (AvgIpc) is 2.71. The molecule has 7 heteroatoms. The maximum Gasteiger partial charge on any atom is 0.358 e. The molecule has 3 N–H and O–H groups in total. The van der Waals surface area contributed by atoms with Crippen LogP contribution in [0.1, 0.15) is 21.7 Å². The van der Waals surface area contributed by atoms with E-state index in [2.05, 4.69) is 10.1 Å². The van der Waals surface area contributed by atoms with Gasteiger partial charge in [-0.05, 0) is 19.1 Å². The molecule has 0 spiro atoms. The fraction of sp³-hybridized carbons (Fsp3) is 0.0909.